The van der Waals surface area contributed by atoms with Gasteiger partial charge in [-0.05, 0) is 59.8 Å². The van der Waals surface area contributed by atoms with Gasteiger partial charge >= 0.3 is 0 Å². The fourth-order valence-electron chi connectivity index (χ4n) is 5.98. The van der Waals surface area contributed by atoms with Crippen molar-refractivity contribution in [1.29, 1.82) is 0 Å². The van der Waals surface area contributed by atoms with E-state index in [2.05, 4.69) is 37.5 Å². The number of nitrogens with zero attached hydrogens (tertiary/aromatic N) is 2. The van der Waals surface area contributed by atoms with Crippen LogP contribution in [0, 0.1) is 5.92 Å². The summed E-state index contributed by atoms with van der Waals surface area (Å²) >= 11 is 0. The van der Waals surface area contributed by atoms with E-state index in [1.807, 2.05) is 0 Å². The Morgan fingerprint density at radius 1 is 0.958 bits per heavy atom. The van der Waals surface area contributed by atoms with Gasteiger partial charge in [0.05, 0.1) is 11.7 Å². The number of hydrogen-bond donors (Lipinski definition) is 0. The predicted octanol–water partition coefficient (Wildman–Crippen LogP) is 2.91. The van der Waals surface area contributed by atoms with Gasteiger partial charge in [0.25, 0.3) is 0 Å². The lowest BCUT2D eigenvalue weighted by molar-refractivity contribution is -0.199. The number of likely N-dealkylation sites (tertiary alicyclic amines) is 2. The first-order valence-corrected chi connectivity index (χ1v) is 10.2. The molecule has 4 fully saturated rings. The lowest BCUT2D eigenvalue weighted by atomic mass is 9.65. The lowest BCUT2D eigenvalue weighted by Gasteiger charge is -2.63. The number of rotatable bonds is 3. The molecule has 0 aliphatic carbocycles. The highest BCUT2D eigenvalue weighted by Gasteiger charge is 2.60. The van der Waals surface area contributed by atoms with Crippen LogP contribution in [0.3, 0.4) is 0 Å². The van der Waals surface area contributed by atoms with E-state index in [1.54, 1.807) is 0 Å². The SMILES string of the molecule is CC(C)N1CCC2(CCC(C3CN(C(C)C)C34CCOCC4)O2)C1. The van der Waals surface area contributed by atoms with E-state index in [0.29, 0.717) is 23.7 Å². The van der Waals surface area contributed by atoms with Crippen LogP contribution in [0.1, 0.15) is 59.8 Å². The first kappa shape index (κ1) is 17.3. The topological polar surface area (TPSA) is 24.9 Å². The fraction of sp³-hybridized carbons (Fsp3) is 1.00. The van der Waals surface area contributed by atoms with Gasteiger partial charge in [-0.3, -0.25) is 9.80 Å². The number of ether oxygens (including phenoxy) is 2. The van der Waals surface area contributed by atoms with Crippen molar-refractivity contribution in [2.45, 2.75) is 89.1 Å². The minimum Gasteiger partial charge on any atom is -0.381 e. The largest absolute Gasteiger partial charge is 0.381 e. The second-order valence-corrected chi connectivity index (χ2v) is 9.26. The molecule has 138 valence electrons. The van der Waals surface area contributed by atoms with Crippen LogP contribution in [0.25, 0.3) is 0 Å². The molecule has 0 aromatic rings. The van der Waals surface area contributed by atoms with Crippen molar-refractivity contribution in [1.82, 2.24) is 9.80 Å². The van der Waals surface area contributed by atoms with Crippen molar-refractivity contribution < 1.29 is 9.47 Å². The van der Waals surface area contributed by atoms with Gasteiger partial charge in [0.1, 0.15) is 0 Å². The van der Waals surface area contributed by atoms with E-state index in [0.717, 1.165) is 25.7 Å². The molecule has 4 nitrogen and oxygen atoms in total. The zero-order valence-corrected chi connectivity index (χ0v) is 16.1. The minimum absolute atomic E-state index is 0.166. The van der Waals surface area contributed by atoms with Crippen molar-refractivity contribution >= 4 is 0 Å². The van der Waals surface area contributed by atoms with Gasteiger partial charge in [-0.15, -0.1) is 0 Å². The zero-order chi connectivity index (χ0) is 16.9. The van der Waals surface area contributed by atoms with Crippen LogP contribution in [-0.4, -0.2) is 72.0 Å². The van der Waals surface area contributed by atoms with Crippen molar-refractivity contribution in [3.8, 4) is 0 Å². The van der Waals surface area contributed by atoms with Crippen molar-refractivity contribution in [2.24, 2.45) is 5.92 Å². The molecular formula is C20H36N2O2. The lowest BCUT2D eigenvalue weighted by Crippen LogP contribution is -2.73. The van der Waals surface area contributed by atoms with Gasteiger partial charge in [-0.2, -0.15) is 0 Å². The molecule has 4 heteroatoms. The highest BCUT2D eigenvalue weighted by atomic mass is 16.5. The summed E-state index contributed by atoms with van der Waals surface area (Å²) in [4.78, 5) is 5.34. The molecule has 0 radical (unpaired) electrons. The molecule has 0 saturated carbocycles. The van der Waals surface area contributed by atoms with Crippen LogP contribution >= 0.6 is 0 Å². The molecule has 4 saturated heterocycles. The quantitative estimate of drug-likeness (QED) is 0.791. The van der Waals surface area contributed by atoms with E-state index in [1.165, 1.54) is 45.2 Å². The fourth-order valence-corrected chi connectivity index (χ4v) is 5.98. The Balaban J connectivity index is 1.45. The Kier molecular flexibility index (Phi) is 4.48. The van der Waals surface area contributed by atoms with E-state index in [-0.39, 0.29) is 5.60 Å². The van der Waals surface area contributed by atoms with Crippen LogP contribution in [0.4, 0.5) is 0 Å². The molecule has 2 spiro atoms. The molecule has 4 aliphatic heterocycles. The molecule has 0 N–H and O–H groups in total. The first-order valence-electron chi connectivity index (χ1n) is 10.2. The Morgan fingerprint density at radius 2 is 1.71 bits per heavy atom. The van der Waals surface area contributed by atoms with E-state index >= 15 is 0 Å². The summed E-state index contributed by atoms with van der Waals surface area (Å²) in [6, 6.07) is 1.28. The summed E-state index contributed by atoms with van der Waals surface area (Å²) in [5.74, 6) is 0.719. The monoisotopic (exact) mass is 336 g/mol. The molecular weight excluding hydrogens is 300 g/mol. The summed E-state index contributed by atoms with van der Waals surface area (Å²) in [6.07, 6.45) is 6.64. The summed E-state index contributed by atoms with van der Waals surface area (Å²) in [5.41, 5.74) is 0.526. The van der Waals surface area contributed by atoms with Crippen LogP contribution < -0.4 is 0 Å². The Labute approximate surface area is 147 Å². The van der Waals surface area contributed by atoms with Crippen molar-refractivity contribution in [3.05, 3.63) is 0 Å². The Hall–Kier alpha value is -0.160. The summed E-state index contributed by atoms with van der Waals surface area (Å²) < 4.78 is 12.5. The van der Waals surface area contributed by atoms with Gasteiger partial charge in [-0.25, -0.2) is 0 Å². The average Bonchev–Trinajstić information content (AvgIpc) is 3.14. The summed E-state index contributed by atoms with van der Waals surface area (Å²) in [7, 11) is 0. The molecule has 4 rings (SSSR count). The maximum Gasteiger partial charge on any atom is 0.0825 e. The molecule has 0 amide bonds. The third kappa shape index (κ3) is 2.65. The van der Waals surface area contributed by atoms with Gasteiger partial charge in [0.15, 0.2) is 0 Å². The molecule has 4 aliphatic rings. The van der Waals surface area contributed by atoms with E-state index < -0.39 is 0 Å². The minimum atomic E-state index is 0.166. The highest BCUT2D eigenvalue weighted by molar-refractivity contribution is 5.13. The molecule has 0 bridgehead atoms. The Bertz CT molecular complexity index is 461. The van der Waals surface area contributed by atoms with Crippen LogP contribution in [0.2, 0.25) is 0 Å². The van der Waals surface area contributed by atoms with Crippen molar-refractivity contribution in [3.63, 3.8) is 0 Å². The third-order valence-corrected chi connectivity index (χ3v) is 7.45. The molecule has 3 unspecified atom stereocenters. The second-order valence-electron chi connectivity index (χ2n) is 9.26. The normalized spacial score (nSPS) is 40.2. The smallest absolute Gasteiger partial charge is 0.0825 e. The maximum atomic E-state index is 6.84. The van der Waals surface area contributed by atoms with Crippen molar-refractivity contribution in [2.75, 3.05) is 32.8 Å². The van der Waals surface area contributed by atoms with Gasteiger partial charge < -0.3 is 9.47 Å². The highest BCUT2D eigenvalue weighted by Crippen LogP contribution is 2.52. The molecule has 3 atom stereocenters. The summed E-state index contributed by atoms with van der Waals surface area (Å²) in [6.45, 7) is 14.8. The molecule has 0 aromatic carbocycles. The first-order chi connectivity index (χ1) is 11.5. The van der Waals surface area contributed by atoms with Crippen LogP contribution in [0.5, 0.6) is 0 Å². The number of hydrogen-bond acceptors (Lipinski definition) is 4. The third-order valence-electron chi connectivity index (χ3n) is 7.45. The second kappa shape index (κ2) is 6.22. The zero-order valence-electron chi connectivity index (χ0n) is 16.1. The Morgan fingerprint density at radius 3 is 2.33 bits per heavy atom. The molecule has 0 aromatic heterocycles. The van der Waals surface area contributed by atoms with E-state index in [9.17, 15) is 0 Å². The predicted molar refractivity (Wildman–Crippen MR) is 96.3 cm³/mol. The molecule has 24 heavy (non-hydrogen) atoms. The van der Waals surface area contributed by atoms with Gasteiger partial charge in [0.2, 0.25) is 0 Å². The standard InChI is InChI=1S/C20H36N2O2/c1-15(2)21-10-7-19(14-21)6-5-18(24-19)17-13-22(16(3)4)20(17)8-11-23-12-9-20/h15-18H,5-14H2,1-4H3. The average molecular weight is 337 g/mol. The van der Waals surface area contributed by atoms with Crippen LogP contribution in [0.15, 0.2) is 0 Å². The molecule has 4 heterocycles. The maximum absolute atomic E-state index is 6.84. The van der Waals surface area contributed by atoms with E-state index in [4.69, 9.17) is 9.47 Å². The van der Waals surface area contributed by atoms with Gasteiger partial charge in [0, 0.05) is 56.4 Å². The summed E-state index contributed by atoms with van der Waals surface area (Å²) in [5, 5.41) is 0. The van der Waals surface area contributed by atoms with Gasteiger partial charge in [-0.1, -0.05) is 0 Å². The van der Waals surface area contributed by atoms with Crippen LogP contribution in [-0.2, 0) is 9.47 Å².